The summed E-state index contributed by atoms with van der Waals surface area (Å²) >= 11 is 0. The van der Waals surface area contributed by atoms with Crippen molar-refractivity contribution in [3.63, 3.8) is 0 Å². The van der Waals surface area contributed by atoms with Crippen LogP contribution in [0.1, 0.15) is 12.0 Å². The summed E-state index contributed by atoms with van der Waals surface area (Å²) in [4.78, 5) is 24.4. The highest BCUT2D eigenvalue weighted by atomic mass is 16.5. The predicted molar refractivity (Wildman–Crippen MR) is 82.8 cm³/mol. The first-order valence-electron chi connectivity index (χ1n) is 6.72. The van der Waals surface area contributed by atoms with Gasteiger partial charge in [0.25, 0.3) is 0 Å². The summed E-state index contributed by atoms with van der Waals surface area (Å²) in [5.74, 6) is -0.626. The lowest BCUT2D eigenvalue weighted by Gasteiger charge is -2.10. The number of ether oxygens (including phenoxy) is 1. The van der Waals surface area contributed by atoms with Crippen molar-refractivity contribution in [2.75, 3.05) is 26.5 Å². The molecule has 0 fully saturated rings. The van der Waals surface area contributed by atoms with Crippen LogP contribution < -0.4 is 5.32 Å². The Kier molecular flexibility index (Phi) is 6.64. The van der Waals surface area contributed by atoms with Gasteiger partial charge in [0.15, 0.2) is 5.57 Å². The molecule has 1 aromatic rings. The fourth-order valence-corrected chi connectivity index (χ4v) is 1.69. The number of anilines is 1. The van der Waals surface area contributed by atoms with Gasteiger partial charge in [0.1, 0.15) is 6.07 Å². The molecular formula is C16H19N3O3. The number of methoxy groups -OCH3 is 1. The van der Waals surface area contributed by atoms with Gasteiger partial charge in [0, 0.05) is 32.4 Å². The second-order valence-corrected chi connectivity index (χ2v) is 4.79. The third-order valence-electron chi connectivity index (χ3n) is 2.96. The fraction of sp³-hybridized carbons (Fsp3) is 0.312. The Morgan fingerprint density at radius 2 is 2.14 bits per heavy atom. The van der Waals surface area contributed by atoms with E-state index in [1.165, 1.54) is 13.3 Å². The minimum atomic E-state index is -0.692. The number of carbonyl (C=O) groups is 2. The van der Waals surface area contributed by atoms with Crippen molar-refractivity contribution in [3.05, 3.63) is 41.6 Å². The van der Waals surface area contributed by atoms with Crippen molar-refractivity contribution in [2.24, 2.45) is 0 Å². The van der Waals surface area contributed by atoms with Crippen LogP contribution in [0, 0.1) is 11.3 Å². The lowest BCUT2D eigenvalue weighted by molar-refractivity contribution is -0.135. The summed E-state index contributed by atoms with van der Waals surface area (Å²) < 4.78 is 4.49. The molecule has 1 N–H and O–H groups in total. The summed E-state index contributed by atoms with van der Waals surface area (Å²) in [5.41, 5.74) is 1.60. The average Bonchev–Trinajstić information content (AvgIpc) is 2.53. The molecule has 0 saturated carbocycles. The number of carbonyl (C=O) groups excluding carboxylic acids is 2. The Morgan fingerprint density at radius 1 is 1.41 bits per heavy atom. The van der Waals surface area contributed by atoms with E-state index in [4.69, 9.17) is 5.26 Å². The Morgan fingerprint density at radius 3 is 2.73 bits per heavy atom. The van der Waals surface area contributed by atoms with E-state index in [1.807, 2.05) is 18.2 Å². The standard InChI is InChI=1S/C16H19N3O3/c1-19(2)15(20)8-7-12-5-4-6-14(9-12)18-11-13(10-17)16(21)22-3/h4-6,9,11,18H,7-8H2,1-3H3/b13-11-. The lowest BCUT2D eigenvalue weighted by atomic mass is 10.1. The van der Waals surface area contributed by atoms with E-state index in [0.717, 1.165) is 11.3 Å². The van der Waals surface area contributed by atoms with E-state index < -0.39 is 5.97 Å². The molecule has 0 heterocycles. The first-order chi connectivity index (χ1) is 10.5. The number of hydrogen-bond acceptors (Lipinski definition) is 5. The molecule has 0 aliphatic heterocycles. The third kappa shape index (κ3) is 5.29. The summed E-state index contributed by atoms with van der Waals surface area (Å²) in [6, 6.07) is 9.20. The Labute approximate surface area is 130 Å². The van der Waals surface area contributed by atoms with Gasteiger partial charge in [0.05, 0.1) is 7.11 Å². The largest absolute Gasteiger partial charge is 0.465 e. The SMILES string of the molecule is COC(=O)/C(C#N)=C\Nc1cccc(CCC(=O)N(C)C)c1. The van der Waals surface area contributed by atoms with E-state index >= 15 is 0 Å². The molecule has 6 heteroatoms. The van der Waals surface area contributed by atoms with Gasteiger partial charge in [0.2, 0.25) is 5.91 Å². The van der Waals surface area contributed by atoms with Crippen LogP contribution in [0.3, 0.4) is 0 Å². The molecule has 1 aromatic carbocycles. The molecule has 0 aliphatic carbocycles. The van der Waals surface area contributed by atoms with Gasteiger partial charge in [-0.05, 0) is 24.1 Å². The first kappa shape index (κ1) is 17.2. The molecule has 0 bridgehead atoms. The van der Waals surface area contributed by atoms with Crippen LogP contribution in [-0.4, -0.2) is 38.0 Å². The van der Waals surface area contributed by atoms with Crippen LogP contribution >= 0.6 is 0 Å². The molecule has 116 valence electrons. The summed E-state index contributed by atoms with van der Waals surface area (Å²) in [6.07, 6.45) is 2.35. The molecule has 0 spiro atoms. The number of amides is 1. The molecule has 0 aliphatic rings. The third-order valence-corrected chi connectivity index (χ3v) is 2.96. The lowest BCUT2D eigenvalue weighted by Crippen LogP contribution is -2.21. The monoisotopic (exact) mass is 301 g/mol. The summed E-state index contributed by atoms with van der Waals surface area (Å²) in [6.45, 7) is 0. The van der Waals surface area contributed by atoms with Crippen molar-refractivity contribution < 1.29 is 14.3 Å². The molecule has 1 amide bonds. The number of hydrogen-bond donors (Lipinski definition) is 1. The van der Waals surface area contributed by atoms with Crippen LogP contribution in [-0.2, 0) is 20.7 Å². The Balaban J connectivity index is 2.72. The molecule has 6 nitrogen and oxygen atoms in total. The number of nitrogens with one attached hydrogen (secondary N) is 1. The van der Waals surface area contributed by atoms with Crippen molar-refractivity contribution in [1.29, 1.82) is 5.26 Å². The number of nitriles is 1. The minimum Gasteiger partial charge on any atom is -0.465 e. The highest BCUT2D eigenvalue weighted by molar-refractivity contribution is 5.93. The summed E-state index contributed by atoms with van der Waals surface area (Å²) in [7, 11) is 4.67. The van der Waals surface area contributed by atoms with Crippen LogP contribution in [0.5, 0.6) is 0 Å². The Bertz CT molecular complexity index is 615. The quantitative estimate of drug-likeness (QED) is 0.491. The smallest absolute Gasteiger partial charge is 0.350 e. The van der Waals surface area contributed by atoms with Gasteiger partial charge in [-0.2, -0.15) is 5.26 Å². The zero-order valence-electron chi connectivity index (χ0n) is 12.9. The van der Waals surface area contributed by atoms with Crippen molar-refractivity contribution in [3.8, 4) is 6.07 Å². The molecule has 0 atom stereocenters. The molecule has 0 aromatic heterocycles. The van der Waals surface area contributed by atoms with E-state index in [1.54, 1.807) is 31.1 Å². The van der Waals surface area contributed by atoms with Crippen LogP contribution in [0.2, 0.25) is 0 Å². The maximum absolute atomic E-state index is 11.6. The number of nitrogens with zero attached hydrogens (tertiary/aromatic N) is 2. The molecular weight excluding hydrogens is 282 g/mol. The van der Waals surface area contributed by atoms with E-state index in [0.29, 0.717) is 12.8 Å². The van der Waals surface area contributed by atoms with Gasteiger partial charge in [-0.15, -0.1) is 0 Å². The number of rotatable bonds is 6. The van der Waals surface area contributed by atoms with Gasteiger partial charge in [-0.25, -0.2) is 4.79 Å². The predicted octanol–water partition coefficient (Wildman–Crippen LogP) is 1.70. The zero-order valence-corrected chi connectivity index (χ0v) is 12.9. The van der Waals surface area contributed by atoms with Crippen molar-refractivity contribution in [1.82, 2.24) is 4.90 Å². The van der Waals surface area contributed by atoms with E-state index in [2.05, 4.69) is 10.1 Å². The van der Waals surface area contributed by atoms with Crippen LogP contribution in [0.15, 0.2) is 36.0 Å². The molecule has 0 saturated heterocycles. The second kappa shape index (κ2) is 8.47. The number of benzene rings is 1. The maximum atomic E-state index is 11.6. The highest BCUT2D eigenvalue weighted by Gasteiger charge is 2.08. The highest BCUT2D eigenvalue weighted by Crippen LogP contribution is 2.13. The fourth-order valence-electron chi connectivity index (χ4n) is 1.69. The number of aryl methyl sites for hydroxylation is 1. The molecule has 0 unspecified atom stereocenters. The van der Waals surface area contributed by atoms with Crippen molar-refractivity contribution in [2.45, 2.75) is 12.8 Å². The van der Waals surface area contributed by atoms with Gasteiger partial charge in [-0.3, -0.25) is 4.79 Å². The average molecular weight is 301 g/mol. The van der Waals surface area contributed by atoms with Gasteiger partial charge >= 0.3 is 5.97 Å². The zero-order chi connectivity index (χ0) is 16.5. The van der Waals surface area contributed by atoms with Crippen molar-refractivity contribution >= 4 is 17.6 Å². The molecule has 22 heavy (non-hydrogen) atoms. The Hall–Kier alpha value is -2.81. The first-order valence-corrected chi connectivity index (χ1v) is 6.72. The topological polar surface area (TPSA) is 82.4 Å². The molecule has 1 rings (SSSR count). The maximum Gasteiger partial charge on any atom is 0.350 e. The second-order valence-electron chi connectivity index (χ2n) is 4.79. The minimum absolute atomic E-state index is 0.0655. The summed E-state index contributed by atoms with van der Waals surface area (Å²) in [5, 5.41) is 11.7. The number of esters is 1. The van der Waals surface area contributed by atoms with Crippen LogP contribution in [0.4, 0.5) is 5.69 Å². The van der Waals surface area contributed by atoms with Crippen LogP contribution in [0.25, 0.3) is 0 Å². The normalized spacial score (nSPS) is 10.5. The molecule has 0 radical (unpaired) electrons. The van der Waals surface area contributed by atoms with Gasteiger partial charge < -0.3 is 15.0 Å². The van der Waals surface area contributed by atoms with E-state index in [9.17, 15) is 9.59 Å². The van der Waals surface area contributed by atoms with E-state index in [-0.39, 0.29) is 11.5 Å². The van der Waals surface area contributed by atoms with Gasteiger partial charge in [-0.1, -0.05) is 12.1 Å².